The first-order chi connectivity index (χ1) is 13.9. The van der Waals surface area contributed by atoms with Crippen LogP contribution in [-0.4, -0.2) is 23.0 Å². The number of hydrazone groups is 1. The second-order valence-corrected chi connectivity index (χ2v) is 7.19. The number of nitrogens with zero attached hydrogens (tertiary/aromatic N) is 3. The van der Waals surface area contributed by atoms with Gasteiger partial charge in [-0.3, -0.25) is 14.5 Å². The number of halogens is 1. The third kappa shape index (κ3) is 4.72. The molecule has 0 unspecified atom stereocenters. The van der Waals surface area contributed by atoms with Gasteiger partial charge in [0.05, 0.1) is 23.2 Å². The first kappa shape index (κ1) is 20.3. The molecule has 0 aliphatic carbocycles. The molecule has 1 N–H and O–H groups in total. The molecule has 0 atom stereocenters. The van der Waals surface area contributed by atoms with E-state index in [1.807, 2.05) is 32.0 Å². The van der Waals surface area contributed by atoms with Crippen molar-refractivity contribution in [1.82, 2.24) is 10.4 Å². The summed E-state index contributed by atoms with van der Waals surface area (Å²) >= 11 is 1.28. The van der Waals surface area contributed by atoms with Crippen LogP contribution in [0.1, 0.15) is 34.1 Å². The van der Waals surface area contributed by atoms with Crippen molar-refractivity contribution in [3.8, 4) is 0 Å². The molecular formula is C21H19FN4O2S. The Hall–Kier alpha value is -3.39. The van der Waals surface area contributed by atoms with Gasteiger partial charge in [0, 0.05) is 12.3 Å². The number of aromatic nitrogens is 1. The number of hydrogen-bond acceptors (Lipinski definition) is 5. The fraction of sp³-hybridized carbons (Fsp3) is 0.143. The minimum absolute atomic E-state index is 0.0962. The Morgan fingerprint density at radius 3 is 2.62 bits per heavy atom. The van der Waals surface area contributed by atoms with Gasteiger partial charge in [0.15, 0.2) is 5.13 Å². The highest BCUT2D eigenvalue weighted by Gasteiger charge is 2.18. The first-order valence-corrected chi connectivity index (χ1v) is 9.66. The second-order valence-electron chi connectivity index (χ2n) is 6.36. The van der Waals surface area contributed by atoms with E-state index in [0.29, 0.717) is 10.8 Å². The lowest BCUT2D eigenvalue weighted by molar-refractivity contribution is -0.115. The van der Waals surface area contributed by atoms with E-state index in [0.717, 1.165) is 16.8 Å². The summed E-state index contributed by atoms with van der Waals surface area (Å²) in [7, 11) is 0. The number of rotatable bonds is 5. The van der Waals surface area contributed by atoms with Crippen LogP contribution in [0.4, 0.5) is 15.2 Å². The molecule has 2 aromatic carbocycles. The number of hydrogen-bond donors (Lipinski definition) is 1. The lowest BCUT2D eigenvalue weighted by atomic mass is 10.1. The van der Waals surface area contributed by atoms with E-state index in [4.69, 9.17) is 0 Å². The van der Waals surface area contributed by atoms with Crippen molar-refractivity contribution >= 4 is 40.2 Å². The molecule has 0 radical (unpaired) electrons. The van der Waals surface area contributed by atoms with Crippen molar-refractivity contribution in [2.75, 3.05) is 4.90 Å². The highest BCUT2D eigenvalue weighted by atomic mass is 32.1. The lowest BCUT2D eigenvalue weighted by Gasteiger charge is -2.19. The normalized spacial score (nSPS) is 10.9. The summed E-state index contributed by atoms with van der Waals surface area (Å²) in [6.07, 6.45) is 1.34. The minimum Gasteiger partial charge on any atom is -0.274 e. The van der Waals surface area contributed by atoms with Gasteiger partial charge in [-0.15, -0.1) is 11.3 Å². The number of anilines is 2. The highest BCUT2D eigenvalue weighted by Crippen LogP contribution is 2.29. The van der Waals surface area contributed by atoms with E-state index in [-0.39, 0.29) is 11.5 Å². The molecule has 29 heavy (non-hydrogen) atoms. The predicted octanol–water partition coefficient (Wildman–Crippen LogP) is 4.35. The number of benzene rings is 2. The molecular weight excluding hydrogens is 391 g/mol. The molecule has 1 aromatic heterocycles. The summed E-state index contributed by atoms with van der Waals surface area (Å²) < 4.78 is 13.6. The van der Waals surface area contributed by atoms with Crippen LogP contribution in [0.3, 0.4) is 0 Å². The van der Waals surface area contributed by atoms with Crippen molar-refractivity contribution in [2.24, 2.45) is 5.10 Å². The number of carbonyl (C=O) groups is 2. The standard InChI is InChI=1S/C21H19FN4O2S/c1-13-8-9-17(10-14(13)2)26(15(3)27)21-24-16(12-29-21)11-23-25-20(28)18-6-4-5-7-19(18)22/h4-12H,1-3H3,(H,25,28)/b23-11-. The van der Waals surface area contributed by atoms with E-state index in [1.165, 1.54) is 47.6 Å². The monoisotopic (exact) mass is 410 g/mol. The SMILES string of the molecule is CC(=O)N(c1ccc(C)c(C)c1)c1nc(/C=N\NC(=O)c2ccccc2F)cs1. The molecule has 0 aliphatic heterocycles. The highest BCUT2D eigenvalue weighted by molar-refractivity contribution is 7.14. The van der Waals surface area contributed by atoms with Crippen LogP contribution in [-0.2, 0) is 4.79 Å². The van der Waals surface area contributed by atoms with E-state index in [2.05, 4.69) is 15.5 Å². The molecule has 0 fully saturated rings. The summed E-state index contributed by atoms with van der Waals surface area (Å²) in [6, 6.07) is 11.4. The Balaban J connectivity index is 1.75. The van der Waals surface area contributed by atoms with Gasteiger partial charge in [0.1, 0.15) is 5.82 Å². The topological polar surface area (TPSA) is 74.7 Å². The molecule has 3 aromatic rings. The van der Waals surface area contributed by atoms with Gasteiger partial charge in [-0.1, -0.05) is 18.2 Å². The Morgan fingerprint density at radius 2 is 1.93 bits per heavy atom. The van der Waals surface area contributed by atoms with Crippen molar-refractivity contribution in [1.29, 1.82) is 0 Å². The smallest absolute Gasteiger partial charge is 0.274 e. The maximum absolute atomic E-state index is 13.6. The fourth-order valence-electron chi connectivity index (χ4n) is 2.59. The molecule has 0 saturated carbocycles. The molecule has 0 aliphatic rings. The summed E-state index contributed by atoms with van der Waals surface area (Å²) in [5.74, 6) is -1.45. The third-order valence-corrected chi connectivity index (χ3v) is 5.09. The zero-order valence-electron chi connectivity index (χ0n) is 16.1. The molecule has 3 rings (SSSR count). The molecule has 0 spiro atoms. The van der Waals surface area contributed by atoms with Crippen molar-refractivity contribution in [3.05, 3.63) is 76.0 Å². The molecule has 2 amide bonds. The van der Waals surface area contributed by atoms with Crippen molar-refractivity contribution in [3.63, 3.8) is 0 Å². The van der Waals surface area contributed by atoms with Gasteiger partial charge in [-0.25, -0.2) is 14.8 Å². The van der Waals surface area contributed by atoms with Gasteiger partial charge >= 0.3 is 0 Å². The van der Waals surface area contributed by atoms with Gasteiger partial charge in [-0.2, -0.15) is 5.10 Å². The summed E-state index contributed by atoms with van der Waals surface area (Å²) in [5.41, 5.74) is 5.57. The van der Waals surface area contributed by atoms with E-state index < -0.39 is 11.7 Å². The number of thiazole rings is 1. The van der Waals surface area contributed by atoms with Crippen LogP contribution in [0.5, 0.6) is 0 Å². The molecule has 8 heteroatoms. The maximum Gasteiger partial charge on any atom is 0.274 e. The van der Waals surface area contributed by atoms with Crippen molar-refractivity contribution in [2.45, 2.75) is 20.8 Å². The number of aryl methyl sites for hydroxylation is 2. The zero-order valence-corrected chi connectivity index (χ0v) is 17.0. The van der Waals surface area contributed by atoms with Gasteiger partial charge in [-0.05, 0) is 49.2 Å². The van der Waals surface area contributed by atoms with E-state index >= 15 is 0 Å². The predicted molar refractivity (Wildman–Crippen MR) is 112 cm³/mol. The first-order valence-electron chi connectivity index (χ1n) is 8.78. The fourth-order valence-corrected chi connectivity index (χ4v) is 3.43. The molecule has 6 nitrogen and oxygen atoms in total. The maximum atomic E-state index is 13.6. The largest absolute Gasteiger partial charge is 0.274 e. The van der Waals surface area contributed by atoms with Crippen LogP contribution < -0.4 is 10.3 Å². The molecule has 0 bridgehead atoms. The zero-order chi connectivity index (χ0) is 21.0. The second kappa shape index (κ2) is 8.74. The van der Waals surface area contributed by atoms with Gasteiger partial charge < -0.3 is 0 Å². The average molecular weight is 410 g/mol. The number of carbonyl (C=O) groups excluding carboxylic acids is 2. The molecule has 1 heterocycles. The van der Waals surface area contributed by atoms with Gasteiger partial charge in [0.2, 0.25) is 5.91 Å². The van der Waals surface area contributed by atoms with Crippen molar-refractivity contribution < 1.29 is 14.0 Å². The van der Waals surface area contributed by atoms with E-state index in [9.17, 15) is 14.0 Å². The lowest BCUT2D eigenvalue weighted by Crippen LogP contribution is -2.22. The van der Waals surface area contributed by atoms with Crippen LogP contribution in [0, 0.1) is 19.7 Å². The number of nitrogens with one attached hydrogen (secondary N) is 1. The van der Waals surface area contributed by atoms with Crippen LogP contribution in [0.25, 0.3) is 0 Å². The van der Waals surface area contributed by atoms with Crippen LogP contribution in [0.15, 0.2) is 52.9 Å². The minimum atomic E-state index is -0.657. The Bertz CT molecular complexity index is 1090. The summed E-state index contributed by atoms with van der Waals surface area (Å²) in [6.45, 7) is 5.46. The van der Waals surface area contributed by atoms with Crippen LogP contribution in [0.2, 0.25) is 0 Å². The quantitative estimate of drug-likeness (QED) is 0.502. The average Bonchev–Trinajstić information content (AvgIpc) is 3.13. The summed E-state index contributed by atoms with van der Waals surface area (Å²) in [4.78, 5) is 30.1. The van der Waals surface area contributed by atoms with E-state index in [1.54, 1.807) is 11.4 Å². The Labute approximate surface area is 171 Å². The Morgan fingerprint density at radius 1 is 1.17 bits per heavy atom. The summed E-state index contributed by atoms with van der Waals surface area (Å²) in [5, 5.41) is 6.03. The number of amides is 2. The molecule has 148 valence electrons. The van der Waals surface area contributed by atoms with Gasteiger partial charge in [0.25, 0.3) is 5.91 Å². The third-order valence-electron chi connectivity index (χ3n) is 4.25. The van der Waals surface area contributed by atoms with Crippen LogP contribution >= 0.6 is 11.3 Å². The molecule has 0 saturated heterocycles. The Kier molecular flexibility index (Phi) is 6.13.